The van der Waals surface area contributed by atoms with Crippen LogP contribution in [0.15, 0.2) is 141 Å². The molecule has 1 heterocycles. The monoisotopic (exact) mass is 551 g/mol. The van der Waals surface area contributed by atoms with Crippen molar-refractivity contribution in [1.82, 2.24) is 0 Å². The second-order valence-corrected chi connectivity index (χ2v) is 9.97. The molecule has 0 saturated carbocycles. The smallest absolute Gasteiger partial charge is 0.161 e. The Balaban J connectivity index is 1.38. The molecule has 0 bridgehead atoms. The fourth-order valence-electron chi connectivity index (χ4n) is 4.84. The van der Waals surface area contributed by atoms with Gasteiger partial charge in [0.15, 0.2) is 5.84 Å². The zero-order valence-electron chi connectivity index (χ0n) is 22.4. The van der Waals surface area contributed by atoms with Gasteiger partial charge in [-0.1, -0.05) is 121 Å². The first-order chi connectivity index (χ1) is 20.2. The Hall–Kier alpha value is -4.98. The van der Waals surface area contributed by atoms with Gasteiger partial charge in [0.25, 0.3) is 0 Å². The van der Waals surface area contributed by atoms with E-state index in [1.807, 2.05) is 115 Å². The van der Waals surface area contributed by atoms with Gasteiger partial charge in [-0.2, -0.15) is 0 Å². The summed E-state index contributed by atoms with van der Waals surface area (Å²) in [5, 5.41) is 2.72. The molecular formula is C36H26ClN3O. The zero-order valence-corrected chi connectivity index (χ0v) is 23.2. The van der Waals surface area contributed by atoms with Gasteiger partial charge in [0.05, 0.1) is 11.8 Å². The summed E-state index contributed by atoms with van der Waals surface area (Å²) < 4.78 is 6.12. The van der Waals surface area contributed by atoms with Crippen LogP contribution in [0.2, 0.25) is 5.02 Å². The Bertz CT molecular complexity index is 1920. The maximum atomic E-state index is 6.23. The van der Waals surface area contributed by atoms with Crippen molar-refractivity contribution in [3.05, 3.63) is 143 Å². The van der Waals surface area contributed by atoms with E-state index in [2.05, 4.69) is 29.0 Å². The third kappa shape index (κ3) is 5.82. The third-order valence-corrected chi connectivity index (χ3v) is 7.07. The van der Waals surface area contributed by atoms with Crippen molar-refractivity contribution in [1.29, 1.82) is 0 Å². The summed E-state index contributed by atoms with van der Waals surface area (Å²) in [7, 11) is 1.74. The fourth-order valence-corrected chi connectivity index (χ4v) is 5.00. The maximum Gasteiger partial charge on any atom is 0.161 e. The molecule has 198 valence electrons. The number of hydrogen-bond acceptors (Lipinski definition) is 2. The van der Waals surface area contributed by atoms with Crippen LogP contribution in [0.5, 0.6) is 0 Å². The van der Waals surface area contributed by atoms with E-state index in [1.54, 1.807) is 7.05 Å². The minimum atomic E-state index is -0.308. The van der Waals surface area contributed by atoms with Gasteiger partial charge in [-0.25, -0.2) is 9.98 Å². The van der Waals surface area contributed by atoms with E-state index in [0.29, 0.717) is 16.7 Å². The molecule has 4 nitrogen and oxygen atoms in total. The highest BCUT2D eigenvalue weighted by atomic mass is 35.5. The second kappa shape index (κ2) is 12.0. The summed E-state index contributed by atoms with van der Waals surface area (Å²) in [5.74, 6) is 7.64. The number of amidine groups is 2. The topological polar surface area (TPSA) is 50.2 Å². The Morgan fingerprint density at radius 1 is 0.829 bits per heavy atom. The predicted molar refractivity (Wildman–Crippen MR) is 171 cm³/mol. The van der Waals surface area contributed by atoms with Crippen molar-refractivity contribution in [3.8, 4) is 11.8 Å². The standard InChI is InChI=1S/C36H26ClN3O/c1-38-35(40-36(27-14-6-3-7-15-27)39-24-25-11-4-2-5-12-25)28-16-9-8-13-26(19-20-28)30-17-10-18-32-34(30)31-22-21-29(37)23-33(31)41-32/h2-18,21-24,26,28H,1H3/b13-8-,16-9?,38-35?,39-24?,40-36?. The first kappa shape index (κ1) is 26.3. The molecule has 1 aliphatic rings. The van der Waals surface area contributed by atoms with Crippen LogP contribution in [0.25, 0.3) is 21.9 Å². The highest BCUT2D eigenvalue weighted by molar-refractivity contribution is 6.31. The van der Waals surface area contributed by atoms with Crippen LogP contribution in [-0.4, -0.2) is 24.9 Å². The average molecular weight is 552 g/mol. The molecular weight excluding hydrogens is 526 g/mol. The number of fused-ring (bicyclic) bond motifs is 3. The Labute approximate surface area is 244 Å². The molecule has 5 heteroatoms. The Morgan fingerprint density at radius 2 is 1.61 bits per heavy atom. The molecule has 2 atom stereocenters. The van der Waals surface area contributed by atoms with Gasteiger partial charge in [0.2, 0.25) is 0 Å². The minimum absolute atomic E-state index is 0.144. The van der Waals surface area contributed by atoms with Gasteiger partial charge in [0, 0.05) is 40.7 Å². The van der Waals surface area contributed by atoms with Crippen molar-refractivity contribution >= 4 is 51.4 Å². The first-order valence-electron chi connectivity index (χ1n) is 13.4. The lowest BCUT2D eigenvalue weighted by atomic mass is 9.92. The SMILES string of the molecule is CN=C(N=C(N=Cc1ccccc1)c1ccccc1)C1C#CC(c2cccc3oc4cc(Cl)ccc4c23)/C=C\C=C1. The van der Waals surface area contributed by atoms with Crippen LogP contribution in [0, 0.1) is 17.8 Å². The number of rotatable bonds is 4. The zero-order chi connectivity index (χ0) is 28.0. The third-order valence-electron chi connectivity index (χ3n) is 6.83. The maximum absolute atomic E-state index is 6.23. The number of allylic oxidation sites excluding steroid dienone is 3. The molecule has 0 aliphatic heterocycles. The molecule has 5 aromatic rings. The van der Waals surface area contributed by atoms with E-state index < -0.39 is 0 Å². The average Bonchev–Trinajstić information content (AvgIpc) is 3.37. The number of benzene rings is 4. The molecule has 0 amide bonds. The van der Waals surface area contributed by atoms with E-state index in [0.717, 1.165) is 38.6 Å². The quantitative estimate of drug-likeness (QED) is 0.125. The summed E-state index contributed by atoms with van der Waals surface area (Å²) in [6.45, 7) is 0. The Kier molecular flexibility index (Phi) is 7.71. The summed E-state index contributed by atoms with van der Waals surface area (Å²) in [6.07, 6.45) is 9.99. The van der Waals surface area contributed by atoms with Crippen molar-refractivity contribution in [2.75, 3.05) is 7.05 Å². The second-order valence-electron chi connectivity index (χ2n) is 9.53. The van der Waals surface area contributed by atoms with E-state index in [1.165, 1.54) is 0 Å². The molecule has 0 N–H and O–H groups in total. The highest BCUT2D eigenvalue weighted by Crippen LogP contribution is 2.36. The van der Waals surface area contributed by atoms with E-state index >= 15 is 0 Å². The first-order valence-corrected chi connectivity index (χ1v) is 13.7. The normalized spacial score (nSPS) is 18.3. The van der Waals surface area contributed by atoms with Gasteiger partial charge >= 0.3 is 0 Å². The molecule has 2 unspecified atom stereocenters. The molecule has 6 rings (SSSR count). The van der Waals surface area contributed by atoms with Gasteiger partial charge < -0.3 is 4.42 Å². The van der Waals surface area contributed by atoms with Crippen molar-refractivity contribution in [2.45, 2.75) is 5.92 Å². The summed E-state index contributed by atoms with van der Waals surface area (Å²) >= 11 is 6.23. The molecule has 0 fully saturated rings. The number of hydrogen-bond donors (Lipinski definition) is 0. The molecule has 0 spiro atoms. The summed E-state index contributed by atoms with van der Waals surface area (Å²) in [4.78, 5) is 14.2. The van der Waals surface area contributed by atoms with E-state index in [-0.39, 0.29) is 11.8 Å². The number of furan rings is 1. The molecule has 0 saturated heterocycles. The molecule has 1 aliphatic carbocycles. The van der Waals surface area contributed by atoms with Crippen molar-refractivity contribution < 1.29 is 4.42 Å². The number of nitrogens with zero attached hydrogens (tertiary/aromatic N) is 3. The Morgan fingerprint density at radius 3 is 2.41 bits per heavy atom. The van der Waals surface area contributed by atoms with Crippen LogP contribution in [0.4, 0.5) is 0 Å². The van der Waals surface area contributed by atoms with Crippen LogP contribution in [-0.2, 0) is 0 Å². The van der Waals surface area contributed by atoms with Gasteiger partial charge in [-0.3, -0.25) is 4.99 Å². The largest absolute Gasteiger partial charge is 0.456 e. The van der Waals surface area contributed by atoms with Gasteiger partial charge in [-0.15, -0.1) is 0 Å². The molecule has 41 heavy (non-hydrogen) atoms. The minimum Gasteiger partial charge on any atom is -0.456 e. The summed E-state index contributed by atoms with van der Waals surface area (Å²) in [5.41, 5.74) is 4.55. The fraction of sp³-hybridized carbons (Fsp3) is 0.0833. The molecule has 0 radical (unpaired) electrons. The van der Waals surface area contributed by atoms with Crippen LogP contribution >= 0.6 is 11.6 Å². The highest BCUT2D eigenvalue weighted by Gasteiger charge is 2.18. The van der Waals surface area contributed by atoms with Crippen LogP contribution in [0.1, 0.15) is 22.6 Å². The lowest BCUT2D eigenvalue weighted by Gasteiger charge is -2.12. The molecule has 4 aromatic carbocycles. The number of aliphatic imine (C=N–C) groups is 3. The number of halogens is 1. The van der Waals surface area contributed by atoms with Gasteiger partial charge in [-0.05, 0) is 29.3 Å². The van der Waals surface area contributed by atoms with Crippen molar-refractivity contribution in [2.24, 2.45) is 20.9 Å². The lowest BCUT2D eigenvalue weighted by molar-refractivity contribution is 0.668. The molecule has 1 aromatic heterocycles. The van der Waals surface area contributed by atoms with Crippen molar-refractivity contribution in [3.63, 3.8) is 0 Å². The lowest BCUT2D eigenvalue weighted by Crippen LogP contribution is -2.13. The van der Waals surface area contributed by atoms with E-state index in [4.69, 9.17) is 26.0 Å². The van der Waals surface area contributed by atoms with Crippen LogP contribution < -0.4 is 0 Å². The van der Waals surface area contributed by atoms with E-state index in [9.17, 15) is 0 Å². The predicted octanol–water partition coefficient (Wildman–Crippen LogP) is 8.66. The van der Waals surface area contributed by atoms with Gasteiger partial charge in [0.1, 0.15) is 17.0 Å². The summed E-state index contributed by atoms with van der Waals surface area (Å²) in [6, 6.07) is 31.7. The van der Waals surface area contributed by atoms with Crippen LogP contribution in [0.3, 0.4) is 0 Å².